The molecule has 0 saturated carbocycles. The standard InChI is InChI=1S/C22H19Cl2F3N2O2/c1-12-4-13(2-3-18(12)20(30)29-17-9-31-10-17)19-8-21(11-28-19,22(25,26)27)14-5-15(23)7-16(24)6-14/h2-7,17H,8-11H2,1H3,(H,29,30)/t21-/m0/s1. The Morgan fingerprint density at radius 2 is 1.84 bits per heavy atom. The molecule has 0 spiro atoms. The minimum Gasteiger partial charge on any atom is -0.377 e. The van der Waals surface area contributed by atoms with Crippen LogP contribution in [0.5, 0.6) is 0 Å². The van der Waals surface area contributed by atoms with E-state index in [4.69, 9.17) is 27.9 Å². The lowest BCUT2D eigenvalue weighted by Gasteiger charge is -2.31. The van der Waals surface area contributed by atoms with Gasteiger partial charge in [0.25, 0.3) is 5.91 Å². The molecule has 2 aliphatic heterocycles. The first kappa shape index (κ1) is 22.1. The molecule has 2 aromatic rings. The van der Waals surface area contributed by atoms with Gasteiger partial charge in [-0.05, 0) is 53.9 Å². The molecule has 2 aromatic carbocycles. The maximum Gasteiger partial charge on any atom is 0.400 e. The van der Waals surface area contributed by atoms with Gasteiger partial charge in [-0.15, -0.1) is 0 Å². The van der Waals surface area contributed by atoms with Crippen molar-refractivity contribution < 1.29 is 22.7 Å². The number of nitrogens with zero attached hydrogens (tertiary/aromatic N) is 1. The van der Waals surface area contributed by atoms with Gasteiger partial charge in [0.15, 0.2) is 0 Å². The third-order valence-electron chi connectivity index (χ3n) is 5.74. The van der Waals surface area contributed by atoms with E-state index in [0.29, 0.717) is 35.6 Å². The van der Waals surface area contributed by atoms with Gasteiger partial charge < -0.3 is 10.1 Å². The first-order chi connectivity index (χ1) is 14.6. The molecule has 2 aliphatic rings. The molecular weight excluding hydrogens is 452 g/mol. The fourth-order valence-corrected chi connectivity index (χ4v) is 4.40. The molecule has 2 heterocycles. The molecule has 9 heteroatoms. The molecule has 0 aromatic heterocycles. The van der Waals surface area contributed by atoms with E-state index >= 15 is 0 Å². The highest BCUT2D eigenvalue weighted by molar-refractivity contribution is 6.34. The molecule has 31 heavy (non-hydrogen) atoms. The summed E-state index contributed by atoms with van der Waals surface area (Å²) in [7, 11) is 0. The molecule has 1 amide bonds. The molecule has 0 radical (unpaired) electrons. The molecule has 0 aliphatic carbocycles. The fraction of sp³-hybridized carbons (Fsp3) is 0.364. The Labute approximate surface area is 187 Å². The number of amides is 1. The number of benzene rings is 2. The summed E-state index contributed by atoms with van der Waals surface area (Å²) in [5.74, 6) is -0.232. The number of aliphatic imine (C=N–C) groups is 1. The number of aryl methyl sites for hydroxylation is 1. The van der Waals surface area contributed by atoms with Crippen molar-refractivity contribution in [3.63, 3.8) is 0 Å². The molecule has 0 bridgehead atoms. The number of rotatable bonds is 4. The minimum absolute atomic E-state index is 0.00770. The number of carbonyl (C=O) groups is 1. The number of carbonyl (C=O) groups excluding carboxylic acids is 1. The molecule has 0 unspecified atom stereocenters. The Morgan fingerprint density at radius 1 is 1.16 bits per heavy atom. The van der Waals surface area contributed by atoms with E-state index in [9.17, 15) is 18.0 Å². The summed E-state index contributed by atoms with van der Waals surface area (Å²) in [4.78, 5) is 16.7. The monoisotopic (exact) mass is 470 g/mol. The summed E-state index contributed by atoms with van der Waals surface area (Å²) in [6, 6.07) is 8.92. The van der Waals surface area contributed by atoms with E-state index in [1.807, 2.05) is 0 Å². The topological polar surface area (TPSA) is 50.7 Å². The second-order valence-corrected chi connectivity index (χ2v) is 8.79. The number of ether oxygens (including phenoxy) is 1. The number of alkyl halides is 3. The van der Waals surface area contributed by atoms with Crippen LogP contribution in [0.2, 0.25) is 10.0 Å². The maximum absolute atomic E-state index is 14.2. The van der Waals surface area contributed by atoms with Crippen LogP contribution < -0.4 is 5.32 Å². The van der Waals surface area contributed by atoms with Gasteiger partial charge in [0.2, 0.25) is 0 Å². The Kier molecular flexibility index (Phi) is 5.79. The largest absolute Gasteiger partial charge is 0.400 e. The van der Waals surface area contributed by atoms with E-state index in [2.05, 4.69) is 10.3 Å². The Morgan fingerprint density at radius 3 is 2.39 bits per heavy atom. The fourth-order valence-electron chi connectivity index (χ4n) is 3.88. The van der Waals surface area contributed by atoms with Gasteiger partial charge in [-0.25, -0.2) is 0 Å². The highest BCUT2D eigenvalue weighted by Crippen LogP contribution is 2.48. The van der Waals surface area contributed by atoms with Crippen LogP contribution in [0.4, 0.5) is 13.2 Å². The van der Waals surface area contributed by atoms with Gasteiger partial charge in [0, 0.05) is 27.7 Å². The normalized spacial score (nSPS) is 21.5. The van der Waals surface area contributed by atoms with Crippen LogP contribution in [-0.2, 0) is 10.2 Å². The lowest BCUT2D eigenvalue weighted by Crippen LogP contribution is -2.48. The van der Waals surface area contributed by atoms with Crippen molar-refractivity contribution in [2.75, 3.05) is 19.8 Å². The van der Waals surface area contributed by atoms with Crippen molar-refractivity contribution >= 4 is 34.8 Å². The third-order valence-corrected chi connectivity index (χ3v) is 6.18. The Hall–Kier alpha value is -2.09. The molecule has 164 valence electrons. The van der Waals surface area contributed by atoms with Crippen molar-refractivity contribution in [3.8, 4) is 0 Å². The zero-order valence-electron chi connectivity index (χ0n) is 16.5. The van der Waals surface area contributed by atoms with Gasteiger partial charge in [-0.2, -0.15) is 13.2 Å². The summed E-state index contributed by atoms with van der Waals surface area (Å²) >= 11 is 12.0. The summed E-state index contributed by atoms with van der Waals surface area (Å²) in [5.41, 5.74) is -0.195. The van der Waals surface area contributed by atoms with Gasteiger partial charge in [-0.3, -0.25) is 9.79 Å². The average Bonchev–Trinajstić information content (AvgIpc) is 3.10. The summed E-state index contributed by atoms with van der Waals surface area (Å²) in [5, 5.41) is 3.14. The minimum atomic E-state index is -4.55. The molecule has 4 nitrogen and oxygen atoms in total. The van der Waals surface area contributed by atoms with Gasteiger partial charge in [0.05, 0.1) is 25.8 Å². The van der Waals surface area contributed by atoms with E-state index < -0.39 is 18.1 Å². The second kappa shape index (κ2) is 8.11. The number of hydrogen-bond donors (Lipinski definition) is 1. The van der Waals surface area contributed by atoms with Crippen molar-refractivity contribution in [3.05, 3.63) is 68.7 Å². The van der Waals surface area contributed by atoms with Crippen LogP contribution in [0.1, 0.15) is 33.5 Å². The Bertz CT molecular complexity index is 1050. The first-order valence-corrected chi connectivity index (χ1v) is 10.4. The van der Waals surface area contributed by atoms with Gasteiger partial charge in [-0.1, -0.05) is 29.3 Å². The SMILES string of the molecule is Cc1cc(C2=NC[C@@](c3cc(Cl)cc(Cl)c3)(C(F)(F)F)C2)ccc1C(=O)NC1COC1. The molecular formula is C22H19Cl2F3N2O2. The van der Waals surface area contributed by atoms with Crippen LogP contribution >= 0.6 is 23.2 Å². The van der Waals surface area contributed by atoms with Gasteiger partial charge in [0.1, 0.15) is 5.41 Å². The van der Waals surface area contributed by atoms with Crippen LogP contribution in [0.25, 0.3) is 0 Å². The lowest BCUT2D eigenvalue weighted by atomic mass is 9.76. The number of hydrogen-bond acceptors (Lipinski definition) is 3. The van der Waals surface area contributed by atoms with Crippen LogP contribution in [0.15, 0.2) is 41.4 Å². The van der Waals surface area contributed by atoms with E-state index in [1.165, 1.54) is 18.2 Å². The average molecular weight is 471 g/mol. The van der Waals surface area contributed by atoms with Crippen molar-refractivity contribution in [2.24, 2.45) is 4.99 Å². The first-order valence-electron chi connectivity index (χ1n) is 9.65. The van der Waals surface area contributed by atoms with Crippen LogP contribution in [0.3, 0.4) is 0 Å². The van der Waals surface area contributed by atoms with Crippen molar-refractivity contribution in [1.82, 2.24) is 5.32 Å². The number of halogens is 5. The zero-order chi connectivity index (χ0) is 22.4. The van der Waals surface area contributed by atoms with Crippen LogP contribution in [0, 0.1) is 6.92 Å². The lowest BCUT2D eigenvalue weighted by molar-refractivity contribution is -0.183. The van der Waals surface area contributed by atoms with E-state index in [-0.39, 0.29) is 34.0 Å². The van der Waals surface area contributed by atoms with E-state index in [0.717, 1.165) is 0 Å². The number of nitrogens with one attached hydrogen (secondary N) is 1. The predicted molar refractivity (Wildman–Crippen MR) is 113 cm³/mol. The van der Waals surface area contributed by atoms with Crippen molar-refractivity contribution in [1.29, 1.82) is 0 Å². The maximum atomic E-state index is 14.2. The predicted octanol–water partition coefficient (Wildman–Crippen LogP) is 5.12. The zero-order valence-corrected chi connectivity index (χ0v) is 18.0. The molecule has 1 fully saturated rings. The second-order valence-electron chi connectivity index (χ2n) is 7.92. The highest BCUT2D eigenvalue weighted by atomic mass is 35.5. The van der Waals surface area contributed by atoms with Crippen LogP contribution in [-0.4, -0.2) is 43.6 Å². The summed E-state index contributed by atoms with van der Waals surface area (Å²) in [6.45, 7) is 2.25. The third kappa shape index (κ3) is 4.19. The molecule has 1 atom stereocenters. The summed E-state index contributed by atoms with van der Waals surface area (Å²) < 4.78 is 47.8. The smallest absolute Gasteiger partial charge is 0.377 e. The summed E-state index contributed by atoms with van der Waals surface area (Å²) in [6.07, 6.45) is -4.89. The van der Waals surface area contributed by atoms with Gasteiger partial charge >= 0.3 is 6.18 Å². The molecule has 1 N–H and O–H groups in total. The Balaban J connectivity index is 1.61. The highest BCUT2D eigenvalue weighted by Gasteiger charge is 2.58. The molecule has 1 saturated heterocycles. The quantitative estimate of drug-likeness (QED) is 0.673. The van der Waals surface area contributed by atoms with Crippen molar-refractivity contribution in [2.45, 2.75) is 31.0 Å². The van der Waals surface area contributed by atoms with E-state index in [1.54, 1.807) is 25.1 Å². The molecule has 4 rings (SSSR count).